The van der Waals surface area contributed by atoms with Crippen molar-refractivity contribution in [3.8, 4) is 5.69 Å². The predicted molar refractivity (Wildman–Crippen MR) is 98.4 cm³/mol. The second-order valence-corrected chi connectivity index (χ2v) is 7.46. The van der Waals surface area contributed by atoms with E-state index < -0.39 is 0 Å². The van der Waals surface area contributed by atoms with Gasteiger partial charge in [-0.1, -0.05) is 12.1 Å². The summed E-state index contributed by atoms with van der Waals surface area (Å²) in [5, 5.41) is 0. The maximum Gasteiger partial charge on any atom is 0.354 e. The minimum Gasteiger partial charge on any atom is -0.383 e. The number of likely N-dealkylation sites (tertiary alicyclic amines) is 1. The van der Waals surface area contributed by atoms with Gasteiger partial charge in [0.15, 0.2) is 0 Å². The second kappa shape index (κ2) is 6.28. The lowest BCUT2D eigenvalue weighted by Crippen LogP contribution is -2.55. The highest BCUT2D eigenvalue weighted by Gasteiger charge is 2.45. The van der Waals surface area contributed by atoms with E-state index in [9.17, 15) is 4.79 Å². The molecule has 1 atom stereocenters. The minimum absolute atomic E-state index is 0.243. The molecule has 1 aromatic heterocycles. The number of nitrogen functional groups attached to an aromatic ring is 1. The molecule has 0 amide bonds. The third-order valence-electron chi connectivity index (χ3n) is 6.04. The van der Waals surface area contributed by atoms with Crippen molar-refractivity contribution in [1.29, 1.82) is 0 Å². The van der Waals surface area contributed by atoms with Crippen molar-refractivity contribution < 1.29 is 0 Å². The summed E-state index contributed by atoms with van der Waals surface area (Å²) in [7, 11) is 0. The first-order valence-corrected chi connectivity index (χ1v) is 8.98. The Hall–Kier alpha value is -2.18. The van der Waals surface area contributed by atoms with Crippen molar-refractivity contribution in [1.82, 2.24) is 14.5 Å². The van der Waals surface area contributed by atoms with Gasteiger partial charge in [-0.05, 0) is 68.0 Å². The number of hydrogen-bond acceptors (Lipinski definition) is 5. The van der Waals surface area contributed by atoms with Gasteiger partial charge in [0, 0.05) is 18.8 Å². The van der Waals surface area contributed by atoms with Gasteiger partial charge in [-0.3, -0.25) is 9.47 Å². The summed E-state index contributed by atoms with van der Waals surface area (Å²) in [4.78, 5) is 18.2. The van der Waals surface area contributed by atoms with E-state index in [1.54, 1.807) is 12.3 Å². The van der Waals surface area contributed by atoms with Crippen LogP contribution in [0.5, 0.6) is 0 Å². The largest absolute Gasteiger partial charge is 0.383 e. The Kier molecular flexibility index (Phi) is 4.09. The van der Waals surface area contributed by atoms with Crippen LogP contribution >= 0.6 is 0 Å². The molecule has 0 bridgehead atoms. The van der Waals surface area contributed by atoms with E-state index in [4.69, 9.17) is 11.5 Å². The molecule has 2 aliphatic rings. The third-order valence-corrected chi connectivity index (χ3v) is 6.04. The van der Waals surface area contributed by atoms with E-state index in [2.05, 4.69) is 22.0 Å². The van der Waals surface area contributed by atoms with Crippen LogP contribution in [0.1, 0.15) is 31.2 Å². The molecule has 25 heavy (non-hydrogen) atoms. The fraction of sp³-hybridized carbons (Fsp3) is 0.474. The lowest BCUT2D eigenvalue weighted by Gasteiger charge is -2.52. The molecule has 4 N–H and O–H groups in total. The molecule has 2 heterocycles. The molecule has 1 unspecified atom stereocenters. The van der Waals surface area contributed by atoms with E-state index in [-0.39, 0.29) is 11.5 Å². The Labute approximate surface area is 147 Å². The average Bonchev–Trinajstić information content (AvgIpc) is 2.62. The molecular formula is C19H25N5O. The zero-order chi connectivity index (χ0) is 17.4. The number of anilines is 1. The normalized spacial score (nSPS) is 22.7. The fourth-order valence-corrected chi connectivity index (χ4v) is 4.13. The smallest absolute Gasteiger partial charge is 0.354 e. The zero-order valence-corrected chi connectivity index (χ0v) is 14.4. The van der Waals surface area contributed by atoms with Crippen LogP contribution < -0.4 is 17.2 Å². The van der Waals surface area contributed by atoms with Crippen LogP contribution in [0.2, 0.25) is 0 Å². The van der Waals surface area contributed by atoms with Crippen LogP contribution in [-0.4, -0.2) is 33.6 Å². The molecule has 1 saturated heterocycles. The van der Waals surface area contributed by atoms with Crippen LogP contribution in [0, 0.1) is 5.41 Å². The van der Waals surface area contributed by atoms with Crippen molar-refractivity contribution in [3.63, 3.8) is 0 Å². The molecule has 4 rings (SSSR count). The Morgan fingerprint density at radius 3 is 2.40 bits per heavy atom. The van der Waals surface area contributed by atoms with Gasteiger partial charge in [-0.15, -0.1) is 0 Å². The standard InChI is InChI=1S/C19H25N5O/c20-16-5-7-19(16)8-11-23(12-9-19)13-14-1-3-15(4-2-14)24-10-6-17(21)22-18(24)25/h1-4,6,10,16H,5,7-9,11-13,20H2,(H2,21,22,25). The summed E-state index contributed by atoms with van der Waals surface area (Å²) in [6.07, 6.45) is 6.60. The van der Waals surface area contributed by atoms with Crippen LogP contribution in [0.25, 0.3) is 5.69 Å². The number of nitrogens with two attached hydrogens (primary N) is 2. The predicted octanol–water partition coefficient (Wildman–Crippen LogP) is 1.52. The van der Waals surface area contributed by atoms with E-state index >= 15 is 0 Å². The summed E-state index contributed by atoms with van der Waals surface area (Å²) in [5.41, 5.74) is 13.9. The molecule has 0 radical (unpaired) electrons. The highest BCUT2D eigenvalue weighted by molar-refractivity contribution is 5.36. The summed E-state index contributed by atoms with van der Waals surface area (Å²) < 4.78 is 1.50. The Bertz CT molecular complexity index is 805. The molecule has 6 heteroatoms. The van der Waals surface area contributed by atoms with Gasteiger partial charge >= 0.3 is 5.69 Å². The van der Waals surface area contributed by atoms with E-state index in [1.807, 2.05) is 12.1 Å². The van der Waals surface area contributed by atoms with Crippen molar-refractivity contribution in [3.05, 3.63) is 52.6 Å². The lowest BCUT2D eigenvalue weighted by atomic mass is 9.60. The molecular weight excluding hydrogens is 314 g/mol. The van der Waals surface area contributed by atoms with Crippen LogP contribution in [0.4, 0.5) is 5.82 Å². The number of aromatic nitrogens is 2. The van der Waals surface area contributed by atoms with Gasteiger partial charge in [-0.2, -0.15) is 4.98 Å². The zero-order valence-electron chi connectivity index (χ0n) is 14.4. The molecule has 1 aliphatic carbocycles. The number of hydrogen-bond donors (Lipinski definition) is 2. The lowest BCUT2D eigenvalue weighted by molar-refractivity contribution is 0.00773. The fourth-order valence-electron chi connectivity index (χ4n) is 4.13. The Balaban J connectivity index is 1.40. The van der Waals surface area contributed by atoms with Crippen molar-refractivity contribution in [2.24, 2.45) is 11.1 Å². The van der Waals surface area contributed by atoms with Crippen molar-refractivity contribution in [2.45, 2.75) is 38.3 Å². The third kappa shape index (κ3) is 3.07. The average molecular weight is 339 g/mol. The highest BCUT2D eigenvalue weighted by Crippen LogP contribution is 2.48. The van der Waals surface area contributed by atoms with E-state index in [0.717, 1.165) is 25.3 Å². The Morgan fingerprint density at radius 2 is 1.84 bits per heavy atom. The van der Waals surface area contributed by atoms with Gasteiger partial charge in [0.2, 0.25) is 0 Å². The summed E-state index contributed by atoms with van der Waals surface area (Å²) in [6.45, 7) is 3.19. The van der Waals surface area contributed by atoms with Crippen molar-refractivity contribution in [2.75, 3.05) is 18.8 Å². The SMILES string of the molecule is Nc1ccn(-c2ccc(CN3CCC4(CCC4N)CC3)cc2)c(=O)n1. The van der Waals surface area contributed by atoms with Crippen molar-refractivity contribution >= 4 is 5.82 Å². The summed E-state index contributed by atoms with van der Waals surface area (Å²) in [5.74, 6) is 0.243. The quantitative estimate of drug-likeness (QED) is 0.885. The van der Waals surface area contributed by atoms with Crippen LogP contribution in [0.3, 0.4) is 0 Å². The highest BCUT2D eigenvalue weighted by atomic mass is 16.1. The topological polar surface area (TPSA) is 90.2 Å². The van der Waals surface area contributed by atoms with Gasteiger partial charge in [0.25, 0.3) is 0 Å². The molecule has 2 fully saturated rings. The van der Waals surface area contributed by atoms with Crippen LogP contribution in [-0.2, 0) is 6.54 Å². The van der Waals surface area contributed by atoms with Gasteiger partial charge in [-0.25, -0.2) is 4.79 Å². The first-order valence-electron chi connectivity index (χ1n) is 8.98. The molecule has 2 aromatic rings. The number of rotatable bonds is 3. The number of benzene rings is 1. The van der Waals surface area contributed by atoms with Gasteiger partial charge < -0.3 is 11.5 Å². The number of nitrogens with zero attached hydrogens (tertiary/aromatic N) is 3. The first-order chi connectivity index (χ1) is 12.1. The van der Waals surface area contributed by atoms with Gasteiger partial charge in [0.1, 0.15) is 5.82 Å². The van der Waals surface area contributed by atoms with Crippen LogP contribution in [0.15, 0.2) is 41.3 Å². The molecule has 132 valence electrons. The maximum atomic E-state index is 11.9. The first kappa shape index (κ1) is 16.3. The molecule has 1 aromatic carbocycles. The maximum absolute atomic E-state index is 11.9. The molecule has 1 aliphatic heterocycles. The molecule has 1 spiro atoms. The van der Waals surface area contributed by atoms with E-state index in [1.165, 1.54) is 35.8 Å². The molecule has 6 nitrogen and oxygen atoms in total. The van der Waals surface area contributed by atoms with E-state index in [0.29, 0.717) is 11.5 Å². The van der Waals surface area contributed by atoms with Gasteiger partial charge in [0.05, 0.1) is 5.69 Å². The second-order valence-electron chi connectivity index (χ2n) is 7.46. The summed E-state index contributed by atoms with van der Waals surface area (Å²) >= 11 is 0. The summed E-state index contributed by atoms with van der Waals surface area (Å²) in [6, 6.07) is 10.1. The minimum atomic E-state index is -0.356. The monoisotopic (exact) mass is 339 g/mol. The molecule has 1 saturated carbocycles. The Morgan fingerprint density at radius 1 is 1.12 bits per heavy atom. The number of piperidine rings is 1.